The van der Waals surface area contributed by atoms with Crippen LogP contribution in [0.25, 0.3) is 16.8 Å². The molecule has 1 amide bonds. The molecule has 0 fully saturated rings. The summed E-state index contributed by atoms with van der Waals surface area (Å²) in [7, 11) is 4.77. The van der Waals surface area contributed by atoms with Crippen LogP contribution in [0.15, 0.2) is 36.4 Å². The third kappa shape index (κ3) is 4.17. The highest BCUT2D eigenvalue weighted by Gasteiger charge is 2.23. The second kappa shape index (κ2) is 9.48. The molecular formula is C25H27N5O4. The summed E-state index contributed by atoms with van der Waals surface area (Å²) in [6.07, 6.45) is 0. The van der Waals surface area contributed by atoms with Gasteiger partial charge in [0, 0.05) is 12.8 Å². The van der Waals surface area contributed by atoms with Crippen molar-refractivity contribution < 1.29 is 19.0 Å². The fraction of sp³-hybridized carbons (Fsp3) is 0.280. The van der Waals surface area contributed by atoms with E-state index in [9.17, 15) is 4.79 Å². The molecule has 34 heavy (non-hydrogen) atoms. The van der Waals surface area contributed by atoms with Crippen LogP contribution in [-0.4, -0.2) is 47.0 Å². The predicted octanol–water partition coefficient (Wildman–Crippen LogP) is 4.13. The SMILES string of the molecule is COCc1nn2c(C)c(C(=O)Nc3ccc(C)cc3C)nnc2c1-c1ccc(OC)c(OC)c1. The molecule has 0 aliphatic heterocycles. The van der Waals surface area contributed by atoms with Crippen LogP contribution in [0.1, 0.15) is 33.0 Å². The molecule has 0 aliphatic rings. The van der Waals surface area contributed by atoms with Gasteiger partial charge in [0.2, 0.25) is 0 Å². The number of ether oxygens (including phenoxy) is 3. The number of nitrogens with one attached hydrogen (secondary N) is 1. The minimum absolute atomic E-state index is 0.192. The number of aryl methyl sites for hydroxylation is 3. The number of fused-ring (bicyclic) bond motifs is 1. The lowest BCUT2D eigenvalue weighted by molar-refractivity contribution is 0.101. The number of hydrogen-bond acceptors (Lipinski definition) is 7. The van der Waals surface area contributed by atoms with E-state index in [4.69, 9.17) is 19.3 Å². The molecule has 0 radical (unpaired) electrons. The Morgan fingerprint density at radius 3 is 2.41 bits per heavy atom. The van der Waals surface area contributed by atoms with Crippen molar-refractivity contribution in [2.45, 2.75) is 27.4 Å². The number of anilines is 1. The van der Waals surface area contributed by atoms with E-state index in [1.807, 2.05) is 50.2 Å². The second-order valence-corrected chi connectivity index (χ2v) is 7.97. The molecular weight excluding hydrogens is 434 g/mol. The molecule has 0 saturated heterocycles. The highest BCUT2D eigenvalue weighted by Crippen LogP contribution is 2.35. The van der Waals surface area contributed by atoms with E-state index in [-0.39, 0.29) is 18.2 Å². The summed E-state index contributed by atoms with van der Waals surface area (Å²) in [5.41, 5.74) is 6.33. The first kappa shape index (κ1) is 23.2. The molecule has 0 bridgehead atoms. The van der Waals surface area contributed by atoms with Crippen molar-refractivity contribution >= 4 is 17.2 Å². The Balaban J connectivity index is 1.80. The average Bonchev–Trinajstić information content (AvgIpc) is 3.19. The number of benzene rings is 2. The van der Waals surface area contributed by atoms with Crippen molar-refractivity contribution in [2.24, 2.45) is 0 Å². The number of rotatable bonds is 7. The standard InChI is InChI=1S/C25H27N5O4/c1-14-7-9-18(15(2)11-14)26-25(31)23-16(3)30-24(28-27-23)22(19(29-30)13-32-4)17-8-10-20(33-5)21(12-17)34-6/h7-12H,13H2,1-6H3,(H,26,31). The molecule has 9 nitrogen and oxygen atoms in total. The molecule has 2 aromatic carbocycles. The van der Waals surface area contributed by atoms with Crippen molar-refractivity contribution in [1.82, 2.24) is 19.8 Å². The average molecular weight is 462 g/mol. The number of amides is 1. The van der Waals surface area contributed by atoms with Crippen molar-refractivity contribution in [1.29, 1.82) is 0 Å². The smallest absolute Gasteiger partial charge is 0.278 e. The van der Waals surface area contributed by atoms with Gasteiger partial charge < -0.3 is 19.5 Å². The first-order valence-corrected chi connectivity index (χ1v) is 10.7. The van der Waals surface area contributed by atoms with E-state index in [2.05, 4.69) is 15.5 Å². The van der Waals surface area contributed by atoms with Crippen molar-refractivity contribution in [3.8, 4) is 22.6 Å². The molecule has 0 unspecified atom stereocenters. The zero-order chi connectivity index (χ0) is 24.4. The minimum atomic E-state index is -0.352. The Morgan fingerprint density at radius 2 is 1.74 bits per heavy atom. The van der Waals surface area contributed by atoms with Gasteiger partial charge in [0.1, 0.15) is 0 Å². The van der Waals surface area contributed by atoms with Crippen molar-refractivity contribution in [3.05, 3.63) is 64.6 Å². The van der Waals surface area contributed by atoms with E-state index in [0.29, 0.717) is 28.5 Å². The van der Waals surface area contributed by atoms with Crippen LogP contribution < -0.4 is 14.8 Å². The molecule has 176 valence electrons. The van der Waals surface area contributed by atoms with E-state index >= 15 is 0 Å². The fourth-order valence-corrected chi connectivity index (χ4v) is 3.92. The molecule has 0 aliphatic carbocycles. The van der Waals surface area contributed by atoms with Gasteiger partial charge in [-0.15, -0.1) is 10.2 Å². The zero-order valence-electron chi connectivity index (χ0n) is 20.1. The highest BCUT2D eigenvalue weighted by atomic mass is 16.5. The highest BCUT2D eigenvalue weighted by molar-refractivity contribution is 6.04. The lowest BCUT2D eigenvalue weighted by Gasteiger charge is -2.11. The Bertz CT molecular complexity index is 1380. The van der Waals surface area contributed by atoms with Gasteiger partial charge in [-0.05, 0) is 50.1 Å². The number of carbonyl (C=O) groups is 1. The first-order chi connectivity index (χ1) is 16.4. The summed E-state index contributed by atoms with van der Waals surface area (Å²) >= 11 is 0. The summed E-state index contributed by atoms with van der Waals surface area (Å²) in [6, 6.07) is 11.4. The maximum atomic E-state index is 13.0. The monoisotopic (exact) mass is 461 g/mol. The molecule has 0 spiro atoms. The van der Waals surface area contributed by atoms with E-state index in [0.717, 1.165) is 27.9 Å². The van der Waals surface area contributed by atoms with Crippen LogP contribution in [-0.2, 0) is 11.3 Å². The molecule has 0 saturated carbocycles. The number of aromatic nitrogens is 4. The Kier molecular flexibility index (Phi) is 6.47. The number of hydrogen-bond donors (Lipinski definition) is 1. The topological polar surface area (TPSA) is 99.9 Å². The molecule has 4 aromatic rings. The Labute approximate surface area is 197 Å². The quantitative estimate of drug-likeness (QED) is 0.442. The fourth-order valence-electron chi connectivity index (χ4n) is 3.92. The van der Waals surface area contributed by atoms with E-state index in [1.54, 1.807) is 32.8 Å². The van der Waals surface area contributed by atoms with Crippen molar-refractivity contribution in [3.63, 3.8) is 0 Å². The van der Waals surface area contributed by atoms with Gasteiger partial charge in [0.15, 0.2) is 22.8 Å². The number of nitrogens with zero attached hydrogens (tertiary/aromatic N) is 4. The van der Waals surface area contributed by atoms with Crippen LogP contribution in [0.4, 0.5) is 5.69 Å². The maximum absolute atomic E-state index is 13.0. The first-order valence-electron chi connectivity index (χ1n) is 10.7. The lowest BCUT2D eigenvalue weighted by Crippen LogP contribution is -2.19. The third-order valence-corrected chi connectivity index (χ3v) is 5.64. The predicted molar refractivity (Wildman–Crippen MR) is 129 cm³/mol. The second-order valence-electron chi connectivity index (χ2n) is 7.97. The normalized spacial score (nSPS) is 11.0. The molecule has 1 N–H and O–H groups in total. The zero-order valence-corrected chi connectivity index (χ0v) is 20.1. The summed E-state index contributed by atoms with van der Waals surface area (Å²) in [5.74, 6) is 0.843. The molecule has 2 aromatic heterocycles. The van der Waals surface area contributed by atoms with E-state index < -0.39 is 0 Å². The van der Waals surface area contributed by atoms with Gasteiger partial charge in [0.05, 0.1) is 37.8 Å². The van der Waals surface area contributed by atoms with Crippen molar-refractivity contribution in [2.75, 3.05) is 26.6 Å². The molecule has 9 heteroatoms. The maximum Gasteiger partial charge on any atom is 0.278 e. The van der Waals surface area contributed by atoms with Gasteiger partial charge in [-0.3, -0.25) is 4.79 Å². The number of methoxy groups -OCH3 is 3. The van der Waals surface area contributed by atoms with Crippen LogP contribution in [0.2, 0.25) is 0 Å². The number of carbonyl (C=O) groups excluding carboxylic acids is 1. The lowest BCUT2D eigenvalue weighted by atomic mass is 10.1. The largest absolute Gasteiger partial charge is 0.493 e. The van der Waals surface area contributed by atoms with Gasteiger partial charge in [-0.1, -0.05) is 23.8 Å². The molecule has 4 rings (SSSR count). The minimum Gasteiger partial charge on any atom is -0.493 e. The molecule has 2 heterocycles. The summed E-state index contributed by atoms with van der Waals surface area (Å²) in [6.45, 7) is 6.01. The van der Waals surface area contributed by atoms with Crippen LogP contribution in [0, 0.1) is 20.8 Å². The van der Waals surface area contributed by atoms with Crippen LogP contribution >= 0.6 is 0 Å². The Hall–Kier alpha value is -3.98. The summed E-state index contributed by atoms with van der Waals surface area (Å²) < 4.78 is 17.8. The van der Waals surface area contributed by atoms with Crippen LogP contribution in [0.5, 0.6) is 11.5 Å². The third-order valence-electron chi connectivity index (χ3n) is 5.64. The van der Waals surface area contributed by atoms with Gasteiger partial charge in [-0.2, -0.15) is 5.10 Å². The van der Waals surface area contributed by atoms with Gasteiger partial charge in [-0.25, -0.2) is 4.52 Å². The van der Waals surface area contributed by atoms with Gasteiger partial charge in [0.25, 0.3) is 5.91 Å². The summed E-state index contributed by atoms with van der Waals surface area (Å²) in [5, 5.41) is 16.3. The Morgan fingerprint density at radius 1 is 0.971 bits per heavy atom. The van der Waals surface area contributed by atoms with Crippen LogP contribution in [0.3, 0.4) is 0 Å². The van der Waals surface area contributed by atoms with E-state index in [1.165, 1.54) is 0 Å². The summed E-state index contributed by atoms with van der Waals surface area (Å²) in [4.78, 5) is 13.0. The molecule has 0 atom stereocenters. The van der Waals surface area contributed by atoms with Gasteiger partial charge >= 0.3 is 0 Å².